The average Bonchev–Trinajstić information content (AvgIpc) is 2.27. The van der Waals surface area contributed by atoms with Gasteiger partial charge in [-0.05, 0) is 42.9 Å². The van der Waals surface area contributed by atoms with E-state index in [1.165, 1.54) is 6.07 Å². The van der Waals surface area contributed by atoms with Crippen LogP contribution < -0.4 is 5.73 Å². The summed E-state index contributed by atoms with van der Waals surface area (Å²) in [4.78, 5) is 0. The Hall–Kier alpha value is -0.930. The topological polar surface area (TPSA) is 46.2 Å². The van der Waals surface area contributed by atoms with E-state index in [1.54, 1.807) is 6.07 Å². The molecule has 0 aliphatic heterocycles. The zero-order valence-corrected chi connectivity index (χ0v) is 10.8. The van der Waals surface area contributed by atoms with Crippen molar-refractivity contribution < 1.29 is 9.50 Å². The summed E-state index contributed by atoms with van der Waals surface area (Å²) in [6.07, 6.45) is 0.648. The predicted molar refractivity (Wildman–Crippen MR) is 68.4 cm³/mol. The van der Waals surface area contributed by atoms with Crippen molar-refractivity contribution in [1.29, 1.82) is 0 Å². The Kier molecular flexibility index (Phi) is 5.09. The van der Waals surface area contributed by atoms with Gasteiger partial charge in [0.25, 0.3) is 0 Å². The van der Waals surface area contributed by atoms with Crippen LogP contribution in [0.1, 0.15) is 43.7 Å². The predicted octanol–water partition coefficient (Wildman–Crippen LogP) is 2.73. The first-order valence-electron chi connectivity index (χ1n) is 6.15. The van der Waals surface area contributed by atoms with Gasteiger partial charge in [0.1, 0.15) is 5.82 Å². The molecule has 0 heterocycles. The Balaban J connectivity index is 2.72. The molecule has 3 N–H and O–H groups in total. The van der Waals surface area contributed by atoms with Crippen molar-refractivity contribution in [3.8, 4) is 0 Å². The SMILES string of the molecule is CCC(N)C(O)CC(C)c1ccc(C)cc1F. The van der Waals surface area contributed by atoms with Crippen LogP contribution in [-0.2, 0) is 0 Å². The highest BCUT2D eigenvalue weighted by Crippen LogP contribution is 2.25. The van der Waals surface area contributed by atoms with Crippen LogP contribution in [0.4, 0.5) is 4.39 Å². The summed E-state index contributed by atoms with van der Waals surface area (Å²) in [5.41, 5.74) is 7.32. The van der Waals surface area contributed by atoms with Crippen molar-refractivity contribution in [1.82, 2.24) is 0 Å². The molecule has 96 valence electrons. The van der Waals surface area contributed by atoms with Gasteiger partial charge in [-0.15, -0.1) is 0 Å². The van der Waals surface area contributed by atoms with Crippen LogP contribution >= 0.6 is 0 Å². The number of hydrogen-bond acceptors (Lipinski definition) is 2. The standard InChI is InChI=1S/C14H22FNO/c1-4-13(16)14(17)8-10(3)11-6-5-9(2)7-12(11)15/h5-7,10,13-14,17H,4,8,16H2,1-3H3. The van der Waals surface area contributed by atoms with E-state index in [0.29, 0.717) is 12.0 Å². The molecule has 0 aromatic heterocycles. The van der Waals surface area contributed by atoms with Crippen LogP contribution in [0.25, 0.3) is 0 Å². The minimum absolute atomic E-state index is 0.0248. The van der Waals surface area contributed by atoms with Crippen molar-refractivity contribution in [3.05, 3.63) is 35.1 Å². The number of hydrogen-bond donors (Lipinski definition) is 2. The minimum Gasteiger partial charge on any atom is -0.391 e. The Labute approximate surface area is 103 Å². The normalized spacial score (nSPS) is 16.6. The number of aliphatic hydroxyl groups is 1. The van der Waals surface area contributed by atoms with Gasteiger partial charge >= 0.3 is 0 Å². The van der Waals surface area contributed by atoms with Crippen molar-refractivity contribution in [2.24, 2.45) is 5.73 Å². The molecule has 3 heteroatoms. The van der Waals surface area contributed by atoms with Crippen molar-refractivity contribution in [3.63, 3.8) is 0 Å². The maximum Gasteiger partial charge on any atom is 0.126 e. The first-order chi connectivity index (χ1) is 7.95. The smallest absolute Gasteiger partial charge is 0.126 e. The summed E-state index contributed by atoms with van der Waals surface area (Å²) in [7, 11) is 0. The van der Waals surface area contributed by atoms with Crippen molar-refractivity contribution in [2.45, 2.75) is 51.7 Å². The number of aliphatic hydroxyl groups excluding tert-OH is 1. The maximum absolute atomic E-state index is 13.7. The second kappa shape index (κ2) is 6.12. The van der Waals surface area contributed by atoms with Gasteiger partial charge in [0.15, 0.2) is 0 Å². The second-order valence-electron chi connectivity index (χ2n) is 4.80. The molecule has 3 unspecified atom stereocenters. The van der Waals surface area contributed by atoms with Crippen LogP contribution in [0.3, 0.4) is 0 Å². The molecule has 0 radical (unpaired) electrons. The lowest BCUT2D eigenvalue weighted by Crippen LogP contribution is -2.34. The van der Waals surface area contributed by atoms with Crippen LogP contribution in [0.15, 0.2) is 18.2 Å². The Morgan fingerprint density at radius 2 is 2.06 bits per heavy atom. The number of aryl methyl sites for hydroxylation is 1. The molecule has 2 nitrogen and oxygen atoms in total. The van der Waals surface area contributed by atoms with Gasteiger partial charge in [0.2, 0.25) is 0 Å². The van der Waals surface area contributed by atoms with E-state index >= 15 is 0 Å². The fourth-order valence-corrected chi connectivity index (χ4v) is 1.97. The molecule has 1 aromatic rings. The third kappa shape index (κ3) is 3.79. The fourth-order valence-electron chi connectivity index (χ4n) is 1.97. The van der Waals surface area contributed by atoms with Crippen LogP contribution in [0, 0.1) is 12.7 Å². The lowest BCUT2D eigenvalue weighted by atomic mass is 9.91. The minimum atomic E-state index is -0.573. The highest BCUT2D eigenvalue weighted by atomic mass is 19.1. The van der Waals surface area contributed by atoms with Gasteiger partial charge in [-0.25, -0.2) is 4.39 Å². The Morgan fingerprint density at radius 3 is 2.59 bits per heavy atom. The van der Waals surface area contributed by atoms with E-state index in [4.69, 9.17) is 5.73 Å². The van der Waals surface area contributed by atoms with E-state index in [9.17, 15) is 9.50 Å². The summed E-state index contributed by atoms with van der Waals surface area (Å²) in [6, 6.07) is 4.98. The van der Waals surface area contributed by atoms with E-state index < -0.39 is 6.10 Å². The molecule has 0 bridgehead atoms. The molecule has 3 atom stereocenters. The first kappa shape index (κ1) is 14.1. The zero-order valence-electron chi connectivity index (χ0n) is 10.8. The Bertz CT molecular complexity index is 367. The average molecular weight is 239 g/mol. The molecule has 0 amide bonds. The summed E-state index contributed by atoms with van der Waals surface area (Å²) in [6.45, 7) is 5.71. The largest absolute Gasteiger partial charge is 0.391 e. The quantitative estimate of drug-likeness (QED) is 0.830. The molecule has 17 heavy (non-hydrogen) atoms. The molecule has 0 aliphatic rings. The maximum atomic E-state index is 13.7. The van der Waals surface area contributed by atoms with E-state index in [-0.39, 0.29) is 17.8 Å². The molecule has 0 spiro atoms. The van der Waals surface area contributed by atoms with E-state index in [1.807, 2.05) is 26.8 Å². The zero-order chi connectivity index (χ0) is 13.0. The molecule has 0 aliphatic carbocycles. The third-order valence-electron chi connectivity index (χ3n) is 3.25. The van der Waals surface area contributed by atoms with Gasteiger partial charge in [-0.1, -0.05) is 26.0 Å². The lowest BCUT2D eigenvalue weighted by molar-refractivity contribution is 0.126. The van der Waals surface area contributed by atoms with Gasteiger partial charge in [-0.3, -0.25) is 0 Å². The summed E-state index contributed by atoms with van der Waals surface area (Å²) in [5, 5.41) is 9.85. The van der Waals surface area contributed by atoms with E-state index in [0.717, 1.165) is 12.0 Å². The number of benzene rings is 1. The van der Waals surface area contributed by atoms with Crippen molar-refractivity contribution in [2.75, 3.05) is 0 Å². The molecular formula is C14H22FNO. The highest BCUT2D eigenvalue weighted by molar-refractivity contribution is 5.26. The highest BCUT2D eigenvalue weighted by Gasteiger charge is 2.19. The molecule has 0 saturated heterocycles. The number of halogens is 1. The van der Waals surface area contributed by atoms with Gasteiger partial charge in [0, 0.05) is 6.04 Å². The molecule has 1 rings (SSSR count). The fraction of sp³-hybridized carbons (Fsp3) is 0.571. The van der Waals surface area contributed by atoms with Crippen LogP contribution in [-0.4, -0.2) is 17.3 Å². The monoisotopic (exact) mass is 239 g/mol. The van der Waals surface area contributed by atoms with Crippen molar-refractivity contribution >= 4 is 0 Å². The first-order valence-corrected chi connectivity index (χ1v) is 6.15. The van der Waals surface area contributed by atoms with E-state index in [2.05, 4.69) is 0 Å². The molecular weight excluding hydrogens is 217 g/mol. The summed E-state index contributed by atoms with van der Waals surface area (Å²) in [5.74, 6) is -0.224. The Morgan fingerprint density at radius 1 is 1.41 bits per heavy atom. The lowest BCUT2D eigenvalue weighted by Gasteiger charge is -2.21. The van der Waals surface area contributed by atoms with Gasteiger partial charge < -0.3 is 10.8 Å². The van der Waals surface area contributed by atoms with Crippen LogP contribution in [0.2, 0.25) is 0 Å². The van der Waals surface area contributed by atoms with Gasteiger partial charge in [0.05, 0.1) is 6.10 Å². The summed E-state index contributed by atoms with van der Waals surface area (Å²) >= 11 is 0. The van der Waals surface area contributed by atoms with Gasteiger partial charge in [-0.2, -0.15) is 0 Å². The second-order valence-corrected chi connectivity index (χ2v) is 4.80. The molecule has 1 aromatic carbocycles. The van der Waals surface area contributed by atoms with Crippen LogP contribution in [0.5, 0.6) is 0 Å². The number of rotatable bonds is 5. The third-order valence-corrected chi connectivity index (χ3v) is 3.25. The number of nitrogens with two attached hydrogens (primary N) is 1. The summed E-state index contributed by atoms with van der Waals surface area (Å²) < 4.78 is 13.7. The molecule has 0 fully saturated rings. The molecule has 0 saturated carbocycles.